The largest absolute Gasteiger partial charge is 0.452 e. The van der Waals surface area contributed by atoms with Gasteiger partial charge in [-0.05, 0) is 96.1 Å². The summed E-state index contributed by atoms with van der Waals surface area (Å²) < 4.78 is 5.37. The summed E-state index contributed by atoms with van der Waals surface area (Å²) in [6.07, 6.45) is 7.39. The number of carbonyl (C=O) groups is 3. The Labute approximate surface area is 207 Å². The minimum atomic E-state index is -0.537. The van der Waals surface area contributed by atoms with Crippen molar-refractivity contribution in [3.8, 4) is 0 Å². The van der Waals surface area contributed by atoms with Crippen LogP contribution in [0.4, 0.5) is 0 Å². The lowest BCUT2D eigenvalue weighted by atomic mass is 9.53. The zero-order chi connectivity index (χ0) is 24.5. The summed E-state index contributed by atoms with van der Waals surface area (Å²) in [6.45, 7) is 7.49. The summed E-state index contributed by atoms with van der Waals surface area (Å²) in [5.41, 5.74) is 0.382. The van der Waals surface area contributed by atoms with Crippen molar-refractivity contribution in [2.24, 2.45) is 17.8 Å². The number of nitrogens with one attached hydrogen (secondary N) is 1. The first-order valence-electron chi connectivity index (χ1n) is 12.7. The van der Waals surface area contributed by atoms with Crippen LogP contribution in [0.25, 0.3) is 0 Å². The Morgan fingerprint density at radius 2 is 1.56 bits per heavy atom. The number of benzene rings is 1. The van der Waals surface area contributed by atoms with E-state index in [0.717, 1.165) is 37.0 Å². The van der Waals surface area contributed by atoms with Gasteiger partial charge in [0, 0.05) is 22.5 Å². The van der Waals surface area contributed by atoms with Gasteiger partial charge in [0.25, 0.3) is 5.91 Å². The molecule has 0 unspecified atom stereocenters. The molecule has 7 heteroatoms. The summed E-state index contributed by atoms with van der Waals surface area (Å²) in [5, 5.41) is 3.39. The Hall–Kier alpha value is -2.02. The SMILES string of the molecule is CC(C)N(C(=O)COC(=O)c1ccccc1SCC(=O)NC12CC3CC(CC(C3)C1)C2)C(C)C. The van der Waals surface area contributed by atoms with E-state index in [4.69, 9.17) is 4.74 Å². The van der Waals surface area contributed by atoms with E-state index in [0.29, 0.717) is 10.5 Å². The molecule has 186 valence electrons. The van der Waals surface area contributed by atoms with Gasteiger partial charge < -0.3 is 15.0 Å². The molecule has 5 rings (SSSR count). The third-order valence-corrected chi connectivity index (χ3v) is 8.71. The normalized spacial score (nSPS) is 27.2. The van der Waals surface area contributed by atoms with Gasteiger partial charge in [-0.1, -0.05) is 12.1 Å². The fourth-order valence-electron chi connectivity index (χ4n) is 6.95. The second kappa shape index (κ2) is 10.3. The standard InChI is InChI=1S/C27H38N2O4S/c1-17(2)29(18(3)4)25(31)15-33-26(32)22-7-5-6-8-23(22)34-16-24(30)28-27-12-19-9-20(13-27)11-21(10-19)14-27/h5-8,17-21H,9-16H2,1-4H3,(H,28,30). The van der Waals surface area contributed by atoms with Crippen molar-refractivity contribution in [1.82, 2.24) is 10.2 Å². The van der Waals surface area contributed by atoms with Crippen molar-refractivity contribution in [1.29, 1.82) is 0 Å². The topological polar surface area (TPSA) is 75.7 Å². The van der Waals surface area contributed by atoms with Crippen molar-refractivity contribution in [2.45, 2.75) is 88.7 Å². The maximum atomic E-state index is 12.9. The van der Waals surface area contributed by atoms with E-state index in [1.807, 2.05) is 39.8 Å². The second-order valence-electron chi connectivity index (χ2n) is 11.1. The Bertz CT molecular complexity index is 886. The van der Waals surface area contributed by atoms with E-state index in [1.54, 1.807) is 17.0 Å². The molecule has 4 fully saturated rings. The highest BCUT2D eigenvalue weighted by Gasteiger charge is 2.51. The van der Waals surface area contributed by atoms with Crippen LogP contribution in [0.15, 0.2) is 29.2 Å². The van der Waals surface area contributed by atoms with Crippen molar-refractivity contribution in [3.63, 3.8) is 0 Å². The predicted octanol–water partition coefficient (Wildman–Crippen LogP) is 4.67. The average molecular weight is 487 g/mol. The van der Waals surface area contributed by atoms with Crippen molar-refractivity contribution < 1.29 is 19.1 Å². The quantitative estimate of drug-likeness (QED) is 0.406. The molecule has 1 N–H and O–H groups in total. The van der Waals surface area contributed by atoms with E-state index >= 15 is 0 Å². The smallest absolute Gasteiger partial charge is 0.339 e. The highest BCUT2D eigenvalue weighted by Crippen LogP contribution is 2.55. The average Bonchev–Trinajstić information content (AvgIpc) is 2.74. The van der Waals surface area contributed by atoms with Crippen LogP contribution in [0.5, 0.6) is 0 Å². The van der Waals surface area contributed by atoms with Gasteiger partial charge in [-0.2, -0.15) is 0 Å². The second-order valence-corrected chi connectivity index (χ2v) is 12.1. The molecule has 4 aliphatic rings. The number of thioether (sulfide) groups is 1. The molecule has 34 heavy (non-hydrogen) atoms. The first-order chi connectivity index (χ1) is 16.2. The number of nitrogens with zero attached hydrogens (tertiary/aromatic N) is 1. The molecule has 0 radical (unpaired) electrons. The monoisotopic (exact) mass is 486 g/mol. The Morgan fingerprint density at radius 1 is 1.00 bits per heavy atom. The number of esters is 1. The van der Waals surface area contributed by atoms with Gasteiger partial charge in [-0.3, -0.25) is 9.59 Å². The summed E-state index contributed by atoms with van der Waals surface area (Å²) >= 11 is 1.35. The van der Waals surface area contributed by atoms with Gasteiger partial charge in [-0.25, -0.2) is 4.79 Å². The highest BCUT2D eigenvalue weighted by molar-refractivity contribution is 8.00. The molecular formula is C27H38N2O4S. The molecule has 4 saturated carbocycles. The van der Waals surface area contributed by atoms with Crippen molar-refractivity contribution >= 4 is 29.5 Å². The Morgan fingerprint density at radius 3 is 2.12 bits per heavy atom. The molecular weight excluding hydrogens is 448 g/mol. The van der Waals surface area contributed by atoms with Crippen LogP contribution in [0.2, 0.25) is 0 Å². The highest BCUT2D eigenvalue weighted by atomic mass is 32.2. The minimum Gasteiger partial charge on any atom is -0.452 e. The maximum absolute atomic E-state index is 12.9. The zero-order valence-electron chi connectivity index (χ0n) is 20.8. The molecule has 0 spiro atoms. The number of amides is 2. The lowest BCUT2D eigenvalue weighted by Crippen LogP contribution is -2.60. The minimum absolute atomic E-state index is 0.0100. The molecule has 2 amide bonds. The molecule has 0 atom stereocenters. The third-order valence-electron chi connectivity index (χ3n) is 7.64. The molecule has 1 aromatic carbocycles. The molecule has 6 nitrogen and oxygen atoms in total. The van der Waals surface area contributed by atoms with E-state index in [9.17, 15) is 14.4 Å². The van der Waals surface area contributed by atoms with E-state index in [1.165, 1.54) is 31.0 Å². The van der Waals surface area contributed by atoms with Crippen LogP contribution in [0.3, 0.4) is 0 Å². The van der Waals surface area contributed by atoms with Gasteiger partial charge in [0.2, 0.25) is 5.91 Å². The van der Waals surface area contributed by atoms with Crippen LogP contribution in [0, 0.1) is 17.8 Å². The van der Waals surface area contributed by atoms with Crippen LogP contribution in [-0.4, -0.2) is 52.7 Å². The van der Waals surface area contributed by atoms with Crippen LogP contribution >= 0.6 is 11.8 Å². The van der Waals surface area contributed by atoms with Crippen LogP contribution in [-0.2, 0) is 14.3 Å². The van der Waals surface area contributed by atoms with Gasteiger partial charge in [0.1, 0.15) is 0 Å². The van der Waals surface area contributed by atoms with E-state index < -0.39 is 5.97 Å². The fraction of sp³-hybridized carbons (Fsp3) is 0.667. The van der Waals surface area contributed by atoms with E-state index in [-0.39, 0.29) is 41.8 Å². The van der Waals surface area contributed by atoms with Crippen LogP contribution < -0.4 is 5.32 Å². The predicted molar refractivity (Wildman–Crippen MR) is 134 cm³/mol. The summed E-state index contributed by atoms with van der Waals surface area (Å²) in [7, 11) is 0. The van der Waals surface area contributed by atoms with Gasteiger partial charge in [-0.15, -0.1) is 11.8 Å². The zero-order valence-corrected chi connectivity index (χ0v) is 21.7. The lowest BCUT2D eigenvalue weighted by molar-refractivity contribution is -0.138. The lowest BCUT2D eigenvalue weighted by Gasteiger charge is -2.56. The summed E-state index contributed by atoms with van der Waals surface area (Å²) in [5.74, 6) is 1.89. The van der Waals surface area contributed by atoms with Crippen molar-refractivity contribution in [3.05, 3.63) is 29.8 Å². The van der Waals surface area contributed by atoms with Gasteiger partial charge in [0.15, 0.2) is 6.61 Å². The first kappa shape index (κ1) is 25.1. The number of carbonyl (C=O) groups excluding carboxylic acids is 3. The molecule has 0 aromatic heterocycles. The summed E-state index contributed by atoms with van der Waals surface area (Å²) in [6, 6.07) is 7.19. The number of ether oxygens (including phenoxy) is 1. The molecule has 0 heterocycles. The van der Waals surface area contributed by atoms with Gasteiger partial charge >= 0.3 is 5.97 Å². The van der Waals surface area contributed by atoms with Crippen molar-refractivity contribution in [2.75, 3.05) is 12.4 Å². The van der Waals surface area contributed by atoms with Crippen LogP contribution in [0.1, 0.15) is 76.6 Å². The number of rotatable bonds is 9. The first-order valence-corrected chi connectivity index (χ1v) is 13.7. The molecule has 0 aliphatic heterocycles. The molecule has 1 aromatic rings. The number of hydrogen-bond acceptors (Lipinski definition) is 5. The Balaban J connectivity index is 1.32. The Kier molecular flexibility index (Phi) is 7.60. The summed E-state index contributed by atoms with van der Waals surface area (Å²) in [4.78, 5) is 40.6. The number of hydrogen-bond donors (Lipinski definition) is 1. The molecule has 4 bridgehead atoms. The third kappa shape index (κ3) is 5.61. The molecule has 4 aliphatic carbocycles. The fourth-order valence-corrected chi connectivity index (χ4v) is 7.79. The molecule has 0 saturated heterocycles. The maximum Gasteiger partial charge on any atom is 0.339 e. The van der Waals surface area contributed by atoms with Gasteiger partial charge in [0.05, 0.1) is 11.3 Å². The van der Waals surface area contributed by atoms with E-state index in [2.05, 4.69) is 5.32 Å².